The third-order valence-corrected chi connectivity index (χ3v) is 6.52. The third-order valence-electron chi connectivity index (χ3n) is 6.52. The fraction of sp³-hybridized carbons (Fsp3) is 0.462. The minimum absolute atomic E-state index is 0.0857. The van der Waals surface area contributed by atoms with E-state index in [4.69, 9.17) is 4.74 Å². The molecule has 4 rings (SSSR count). The molecule has 0 radical (unpaired) electrons. The van der Waals surface area contributed by atoms with Crippen molar-refractivity contribution >= 4 is 17.5 Å². The number of para-hydroxylation sites is 2. The van der Waals surface area contributed by atoms with Gasteiger partial charge in [-0.3, -0.25) is 14.5 Å². The normalized spacial score (nSPS) is 17.5. The fourth-order valence-corrected chi connectivity index (χ4v) is 4.70. The molecule has 1 aliphatic heterocycles. The number of piperazine rings is 1. The molecule has 0 unspecified atom stereocenters. The largest absolute Gasteiger partial charge is 0.483 e. The van der Waals surface area contributed by atoms with Crippen LogP contribution in [0.3, 0.4) is 0 Å². The van der Waals surface area contributed by atoms with Gasteiger partial charge in [-0.05, 0) is 43.0 Å². The average molecular weight is 454 g/mol. The van der Waals surface area contributed by atoms with Crippen molar-refractivity contribution in [1.82, 2.24) is 9.80 Å². The van der Waals surface area contributed by atoms with Gasteiger partial charge in [-0.2, -0.15) is 0 Å². The second-order valence-electron chi connectivity index (χ2n) is 8.91. The van der Waals surface area contributed by atoms with Crippen LogP contribution in [0.2, 0.25) is 0 Å². The van der Waals surface area contributed by atoms with E-state index in [2.05, 4.69) is 10.2 Å². The monoisotopic (exact) mass is 453 g/mol. The highest BCUT2D eigenvalue weighted by atomic mass is 19.1. The summed E-state index contributed by atoms with van der Waals surface area (Å²) in [5.74, 6) is 0.0709. The van der Waals surface area contributed by atoms with Crippen molar-refractivity contribution in [3.8, 4) is 5.75 Å². The summed E-state index contributed by atoms with van der Waals surface area (Å²) in [6.07, 6.45) is 6.71. The van der Waals surface area contributed by atoms with Crippen LogP contribution in [-0.2, 0) is 4.79 Å². The Hall–Kier alpha value is -2.93. The predicted octanol–water partition coefficient (Wildman–Crippen LogP) is 4.18. The molecule has 2 aromatic rings. The maximum Gasteiger partial charge on any atom is 0.262 e. The minimum atomic E-state index is -0.510. The smallest absolute Gasteiger partial charge is 0.262 e. The topological polar surface area (TPSA) is 61.9 Å². The molecular formula is C26H32FN3O3. The Morgan fingerprint density at radius 2 is 1.64 bits per heavy atom. The van der Waals surface area contributed by atoms with Gasteiger partial charge in [-0.15, -0.1) is 0 Å². The lowest BCUT2D eigenvalue weighted by molar-refractivity contribution is -0.118. The number of amides is 2. The number of halogens is 1. The third kappa shape index (κ3) is 6.32. The van der Waals surface area contributed by atoms with E-state index in [1.807, 2.05) is 4.90 Å². The van der Waals surface area contributed by atoms with Gasteiger partial charge in [-0.25, -0.2) is 4.39 Å². The van der Waals surface area contributed by atoms with Gasteiger partial charge < -0.3 is 15.0 Å². The van der Waals surface area contributed by atoms with Crippen molar-refractivity contribution in [3.63, 3.8) is 0 Å². The highest BCUT2D eigenvalue weighted by Gasteiger charge is 2.26. The summed E-state index contributed by atoms with van der Waals surface area (Å²) >= 11 is 0. The summed E-state index contributed by atoms with van der Waals surface area (Å²) < 4.78 is 19.4. The van der Waals surface area contributed by atoms with Crippen molar-refractivity contribution in [2.75, 3.05) is 44.6 Å². The van der Waals surface area contributed by atoms with Gasteiger partial charge in [0.2, 0.25) is 0 Å². The summed E-state index contributed by atoms with van der Waals surface area (Å²) in [6, 6.07) is 12.9. The van der Waals surface area contributed by atoms with Crippen LogP contribution < -0.4 is 10.1 Å². The number of hydrogen-bond acceptors (Lipinski definition) is 4. The number of hydrogen-bond donors (Lipinski definition) is 1. The summed E-state index contributed by atoms with van der Waals surface area (Å²) in [4.78, 5) is 29.7. The first-order valence-electron chi connectivity index (χ1n) is 11.9. The van der Waals surface area contributed by atoms with Crippen molar-refractivity contribution in [1.29, 1.82) is 0 Å². The van der Waals surface area contributed by atoms with Gasteiger partial charge in [0.05, 0.1) is 11.3 Å². The Balaban J connectivity index is 1.30. The molecule has 2 amide bonds. The number of carbonyl (C=O) groups is 2. The molecule has 1 saturated carbocycles. The van der Waals surface area contributed by atoms with E-state index >= 15 is 0 Å². The highest BCUT2D eigenvalue weighted by molar-refractivity contribution is 5.97. The van der Waals surface area contributed by atoms with Crippen molar-refractivity contribution in [2.45, 2.75) is 32.1 Å². The van der Waals surface area contributed by atoms with Gasteiger partial charge in [0.1, 0.15) is 11.6 Å². The first kappa shape index (κ1) is 23.2. The zero-order chi connectivity index (χ0) is 23.0. The van der Waals surface area contributed by atoms with Gasteiger partial charge in [0.15, 0.2) is 6.61 Å². The first-order valence-corrected chi connectivity index (χ1v) is 11.9. The molecule has 176 valence electrons. The maximum atomic E-state index is 13.7. The lowest BCUT2D eigenvalue weighted by Gasteiger charge is -2.37. The molecule has 6 nitrogen and oxygen atoms in total. The molecule has 1 heterocycles. The van der Waals surface area contributed by atoms with Crippen LogP contribution in [0.4, 0.5) is 10.1 Å². The second kappa shape index (κ2) is 11.3. The quantitative estimate of drug-likeness (QED) is 0.683. The summed E-state index contributed by atoms with van der Waals surface area (Å²) in [5.41, 5.74) is 0.540. The van der Waals surface area contributed by atoms with Crippen molar-refractivity contribution in [3.05, 3.63) is 59.9 Å². The molecule has 2 aliphatic rings. The lowest BCUT2D eigenvalue weighted by Crippen LogP contribution is -2.50. The Bertz CT molecular complexity index is 953. The summed E-state index contributed by atoms with van der Waals surface area (Å²) in [5, 5.41) is 2.49. The molecule has 0 atom stereocenters. The van der Waals surface area contributed by atoms with E-state index in [0.717, 1.165) is 25.6 Å². The number of ether oxygens (including phenoxy) is 1. The molecule has 0 bridgehead atoms. The summed E-state index contributed by atoms with van der Waals surface area (Å²) in [6.45, 7) is 3.97. The Kier molecular flexibility index (Phi) is 7.94. The number of anilines is 1. The van der Waals surface area contributed by atoms with Crippen LogP contribution in [0.5, 0.6) is 5.75 Å². The van der Waals surface area contributed by atoms with Gasteiger partial charge in [0, 0.05) is 32.7 Å². The summed E-state index contributed by atoms with van der Waals surface area (Å²) in [7, 11) is 0. The molecule has 33 heavy (non-hydrogen) atoms. The first-order chi connectivity index (χ1) is 16.1. The van der Waals surface area contributed by atoms with Crippen LogP contribution in [0.15, 0.2) is 48.5 Å². The molecule has 1 saturated heterocycles. The molecule has 1 N–H and O–H groups in total. The van der Waals surface area contributed by atoms with E-state index in [1.165, 1.54) is 44.2 Å². The van der Waals surface area contributed by atoms with Crippen LogP contribution in [-0.4, -0.2) is 60.9 Å². The van der Waals surface area contributed by atoms with Crippen molar-refractivity contribution < 1.29 is 18.7 Å². The predicted molar refractivity (Wildman–Crippen MR) is 126 cm³/mol. The molecule has 2 aromatic carbocycles. The van der Waals surface area contributed by atoms with E-state index < -0.39 is 11.7 Å². The Labute approximate surface area is 194 Å². The highest BCUT2D eigenvalue weighted by Crippen LogP contribution is 2.25. The van der Waals surface area contributed by atoms with Crippen LogP contribution in [0, 0.1) is 11.7 Å². The van der Waals surface area contributed by atoms with Crippen LogP contribution in [0.25, 0.3) is 0 Å². The Morgan fingerprint density at radius 1 is 0.939 bits per heavy atom. The molecule has 7 heteroatoms. The lowest BCUT2D eigenvalue weighted by atomic mass is 9.89. The van der Waals surface area contributed by atoms with Crippen LogP contribution in [0.1, 0.15) is 42.5 Å². The van der Waals surface area contributed by atoms with Crippen molar-refractivity contribution in [2.24, 2.45) is 5.92 Å². The zero-order valence-electron chi connectivity index (χ0n) is 19.0. The molecule has 0 aromatic heterocycles. The fourth-order valence-electron chi connectivity index (χ4n) is 4.70. The second-order valence-corrected chi connectivity index (χ2v) is 8.91. The number of nitrogens with zero attached hydrogens (tertiary/aromatic N) is 2. The molecule has 0 spiro atoms. The number of rotatable bonds is 7. The zero-order valence-corrected chi connectivity index (χ0v) is 19.0. The number of carbonyl (C=O) groups excluding carboxylic acids is 2. The molecule has 2 fully saturated rings. The standard InChI is InChI=1S/C26H32FN3O3/c27-22-11-5-6-12-23(22)28-25(31)19-33-24-13-7-4-10-21(24)26(32)30-16-14-29(15-17-30)18-20-8-2-1-3-9-20/h4-7,10-13,20H,1-3,8-9,14-19H2,(H,28,31). The molecular weight excluding hydrogens is 421 g/mol. The number of benzene rings is 2. The maximum absolute atomic E-state index is 13.7. The van der Waals surface area contributed by atoms with Gasteiger partial charge >= 0.3 is 0 Å². The SMILES string of the molecule is O=C(COc1ccccc1C(=O)N1CCN(CC2CCCCC2)CC1)Nc1ccccc1F. The van der Waals surface area contributed by atoms with E-state index in [1.54, 1.807) is 36.4 Å². The van der Waals surface area contributed by atoms with Gasteiger partial charge in [0.25, 0.3) is 11.8 Å². The molecule has 1 aliphatic carbocycles. The van der Waals surface area contributed by atoms with Crippen LogP contribution >= 0.6 is 0 Å². The van der Waals surface area contributed by atoms with E-state index in [9.17, 15) is 14.0 Å². The minimum Gasteiger partial charge on any atom is -0.483 e. The average Bonchev–Trinajstić information content (AvgIpc) is 2.85. The van der Waals surface area contributed by atoms with E-state index in [-0.39, 0.29) is 18.2 Å². The number of nitrogens with one attached hydrogen (secondary N) is 1. The van der Waals surface area contributed by atoms with Gasteiger partial charge in [-0.1, -0.05) is 43.5 Å². The van der Waals surface area contributed by atoms with E-state index in [0.29, 0.717) is 24.4 Å². The Morgan fingerprint density at radius 3 is 2.39 bits per heavy atom.